The van der Waals surface area contributed by atoms with Crippen LogP contribution in [0, 0.1) is 0 Å². The molecule has 5 rings (SSSR count). The van der Waals surface area contributed by atoms with Crippen molar-refractivity contribution in [2.75, 3.05) is 46.1 Å². The van der Waals surface area contributed by atoms with Gasteiger partial charge >= 0.3 is 0 Å². The summed E-state index contributed by atoms with van der Waals surface area (Å²) in [4.78, 5) is 13.2. The lowest BCUT2D eigenvalue weighted by molar-refractivity contribution is -0.839. The van der Waals surface area contributed by atoms with Crippen molar-refractivity contribution in [1.29, 1.82) is 0 Å². The molecule has 4 aliphatic rings. The molecule has 6 heteroatoms. The van der Waals surface area contributed by atoms with E-state index in [2.05, 4.69) is 0 Å². The van der Waals surface area contributed by atoms with Crippen LogP contribution in [-0.2, 0) is 18.9 Å². The number of allylic oxidation sites excluding steroid dienone is 1. The molecule has 2 aliphatic carbocycles. The van der Waals surface area contributed by atoms with Crippen LogP contribution in [0.5, 0.6) is 0 Å². The maximum absolute atomic E-state index is 13.2. The Balaban J connectivity index is 1.52. The fourth-order valence-corrected chi connectivity index (χ4v) is 4.91. The average molecular weight is 398 g/mol. The van der Waals surface area contributed by atoms with Crippen molar-refractivity contribution in [2.24, 2.45) is 0 Å². The largest absolute Gasteiger partial charge is 0.497 e. The van der Waals surface area contributed by atoms with Gasteiger partial charge in [-0.3, -0.25) is 14.0 Å². The maximum atomic E-state index is 13.2. The number of rotatable bonds is 6. The summed E-state index contributed by atoms with van der Waals surface area (Å²) in [5.41, 5.74) is 2.43. The van der Waals surface area contributed by atoms with Gasteiger partial charge in [0.2, 0.25) is 12.0 Å². The number of ether oxygens (including phenoxy) is 4. The number of morpholine rings is 1. The van der Waals surface area contributed by atoms with Crippen LogP contribution in [0.25, 0.3) is 0 Å². The smallest absolute Gasteiger partial charge is 0.247 e. The third-order valence-electron chi connectivity index (χ3n) is 6.43. The fourth-order valence-electron chi connectivity index (χ4n) is 4.91. The summed E-state index contributed by atoms with van der Waals surface area (Å²) in [5.74, 6) is -0.477. The number of quaternary nitrogens is 1. The second-order valence-electron chi connectivity index (χ2n) is 8.12. The Morgan fingerprint density at radius 2 is 1.93 bits per heavy atom. The molecule has 0 N–H and O–H groups in total. The third kappa shape index (κ3) is 3.06. The number of Topliss-reactive ketones (excluding diaryl/α,β-unsaturated/α-hetero) is 1. The van der Waals surface area contributed by atoms with Gasteiger partial charge in [0.15, 0.2) is 12.3 Å². The molecule has 1 aromatic rings. The third-order valence-corrected chi connectivity index (χ3v) is 6.43. The molecule has 29 heavy (non-hydrogen) atoms. The Morgan fingerprint density at radius 1 is 1.14 bits per heavy atom. The molecule has 3 unspecified atom stereocenters. The number of ketones is 1. The summed E-state index contributed by atoms with van der Waals surface area (Å²) in [7, 11) is 0. The molecule has 2 fully saturated rings. The summed E-state index contributed by atoms with van der Waals surface area (Å²) >= 11 is 0. The molecule has 0 aromatic heterocycles. The Hall–Kier alpha value is -1.99. The van der Waals surface area contributed by atoms with Crippen LogP contribution in [0.3, 0.4) is 0 Å². The zero-order valence-electron chi connectivity index (χ0n) is 17.1. The minimum absolute atomic E-state index is 0.0367. The van der Waals surface area contributed by atoms with E-state index in [1.54, 1.807) is 0 Å². The van der Waals surface area contributed by atoms with Gasteiger partial charge in [0.05, 0.1) is 25.7 Å². The monoisotopic (exact) mass is 398 g/mol. The van der Waals surface area contributed by atoms with Crippen LogP contribution in [0.15, 0.2) is 47.7 Å². The van der Waals surface area contributed by atoms with Gasteiger partial charge in [0, 0.05) is 23.8 Å². The number of carbonyl (C=O) groups is 1. The van der Waals surface area contributed by atoms with E-state index in [4.69, 9.17) is 18.9 Å². The van der Waals surface area contributed by atoms with Crippen LogP contribution in [0.2, 0.25) is 0 Å². The number of hydrogen-bond acceptors (Lipinski definition) is 5. The lowest BCUT2D eigenvalue weighted by Crippen LogP contribution is -2.45. The number of benzene rings is 1. The van der Waals surface area contributed by atoms with E-state index in [9.17, 15) is 4.79 Å². The predicted octanol–water partition coefficient (Wildman–Crippen LogP) is 2.76. The summed E-state index contributed by atoms with van der Waals surface area (Å²) in [6, 6.07) is 7.77. The minimum Gasteiger partial charge on any atom is -0.497 e. The topological polar surface area (TPSA) is 54.0 Å². The van der Waals surface area contributed by atoms with Gasteiger partial charge in [-0.25, -0.2) is 0 Å². The van der Waals surface area contributed by atoms with Gasteiger partial charge in [0.1, 0.15) is 18.8 Å². The molecule has 3 atom stereocenters. The highest BCUT2D eigenvalue weighted by Gasteiger charge is 2.60. The van der Waals surface area contributed by atoms with Gasteiger partial charge in [-0.05, 0) is 25.5 Å². The lowest BCUT2D eigenvalue weighted by Gasteiger charge is -2.34. The zero-order valence-corrected chi connectivity index (χ0v) is 17.1. The van der Waals surface area contributed by atoms with Gasteiger partial charge in [-0.15, -0.1) is 0 Å². The Kier molecular flexibility index (Phi) is 4.62. The highest BCUT2D eigenvalue weighted by atomic mass is 16.7. The lowest BCUT2D eigenvalue weighted by atomic mass is 9.88. The number of nitrogens with zero attached hydrogens (tertiary/aromatic N) is 1. The first-order chi connectivity index (χ1) is 14.1. The molecule has 0 bridgehead atoms. The molecule has 0 radical (unpaired) electrons. The molecule has 6 nitrogen and oxygen atoms in total. The van der Waals surface area contributed by atoms with Crippen molar-refractivity contribution in [1.82, 2.24) is 0 Å². The van der Waals surface area contributed by atoms with Crippen molar-refractivity contribution < 1.29 is 28.2 Å². The van der Waals surface area contributed by atoms with E-state index in [1.807, 2.05) is 50.3 Å². The predicted molar refractivity (Wildman–Crippen MR) is 106 cm³/mol. The quantitative estimate of drug-likeness (QED) is 0.419. The normalized spacial score (nSPS) is 31.7. The molecular weight excluding hydrogens is 370 g/mol. The first-order valence-electron chi connectivity index (χ1n) is 10.6. The van der Waals surface area contributed by atoms with Crippen LogP contribution >= 0.6 is 0 Å². The maximum Gasteiger partial charge on any atom is 0.247 e. The number of carbonyl (C=O) groups excluding carboxylic acids is 1. The van der Waals surface area contributed by atoms with Crippen LogP contribution in [-0.4, -0.2) is 68.3 Å². The summed E-state index contributed by atoms with van der Waals surface area (Å²) in [6.45, 7) is 9.29. The van der Waals surface area contributed by atoms with E-state index in [1.165, 1.54) is 0 Å². The van der Waals surface area contributed by atoms with E-state index >= 15 is 0 Å². The van der Waals surface area contributed by atoms with E-state index in [0.29, 0.717) is 18.8 Å². The van der Waals surface area contributed by atoms with Crippen molar-refractivity contribution in [3.05, 3.63) is 58.9 Å². The SMILES string of the molecule is CCOC1=CC(OCC)(OC2C[N+]23CCOCC3)C=C2C(=O)c3ccccc3C12. The first kappa shape index (κ1) is 19.0. The molecule has 2 aliphatic heterocycles. The zero-order chi connectivity index (χ0) is 20.1. The van der Waals surface area contributed by atoms with Gasteiger partial charge in [-0.2, -0.15) is 0 Å². The summed E-state index contributed by atoms with van der Waals surface area (Å²) < 4.78 is 25.2. The van der Waals surface area contributed by atoms with Crippen molar-refractivity contribution in [2.45, 2.75) is 31.8 Å². The van der Waals surface area contributed by atoms with Gasteiger partial charge < -0.3 is 14.2 Å². The number of fused-ring (bicyclic) bond motifs is 3. The second-order valence-corrected chi connectivity index (χ2v) is 8.12. The molecule has 1 spiro atoms. The second kappa shape index (κ2) is 7.06. The molecule has 2 heterocycles. The van der Waals surface area contributed by atoms with Crippen molar-refractivity contribution in [3.63, 3.8) is 0 Å². The minimum atomic E-state index is -1.08. The highest BCUT2D eigenvalue weighted by Crippen LogP contribution is 2.49. The number of hydrogen-bond donors (Lipinski definition) is 0. The Bertz CT molecular complexity index is 885. The van der Waals surface area contributed by atoms with Crippen LogP contribution in [0.4, 0.5) is 0 Å². The van der Waals surface area contributed by atoms with E-state index in [-0.39, 0.29) is 17.9 Å². The molecule has 2 saturated heterocycles. The fraction of sp³-hybridized carbons (Fsp3) is 0.522. The van der Waals surface area contributed by atoms with Gasteiger partial charge in [-0.1, -0.05) is 24.3 Å². The molecule has 154 valence electrons. The summed E-state index contributed by atoms with van der Waals surface area (Å²) in [5, 5.41) is 0. The molecule has 0 saturated carbocycles. The molecule has 0 amide bonds. The Morgan fingerprint density at radius 3 is 2.69 bits per heavy atom. The van der Waals surface area contributed by atoms with E-state index in [0.717, 1.165) is 54.2 Å². The standard InChI is InChI=1S/C23H28NO5/c1-3-27-19-14-23(28-4-2,29-20-15-24(20)9-11-26-12-10-24)13-18-21(19)16-7-5-6-8-17(16)22(18)25/h5-8,13-14,20-21H,3-4,9-12,15H2,1-2H3/q+1. The van der Waals surface area contributed by atoms with Crippen molar-refractivity contribution >= 4 is 5.78 Å². The highest BCUT2D eigenvalue weighted by molar-refractivity contribution is 6.15. The molecular formula is C23H28NO5+. The average Bonchev–Trinajstić information content (AvgIpc) is 3.27. The van der Waals surface area contributed by atoms with Crippen LogP contribution in [0.1, 0.15) is 35.7 Å². The van der Waals surface area contributed by atoms with E-state index < -0.39 is 5.79 Å². The van der Waals surface area contributed by atoms with Crippen molar-refractivity contribution in [3.8, 4) is 0 Å². The Labute approximate surface area is 171 Å². The van der Waals surface area contributed by atoms with Crippen LogP contribution < -0.4 is 0 Å². The first-order valence-corrected chi connectivity index (χ1v) is 10.6. The molecule has 1 aromatic carbocycles. The van der Waals surface area contributed by atoms with Gasteiger partial charge in [0.25, 0.3) is 0 Å². The summed E-state index contributed by atoms with van der Waals surface area (Å²) in [6.07, 6.45) is 3.89.